The molecule has 0 aromatic rings. The van der Waals surface area contributed by atoms with Crippen molar-refractivity contribution in [3.63, 3.8) is 0 Å². The van der Waals surface area contributed by atoms with Crippen molar-refractivity contribution < 1.29 is 27.9 Å². The Morgan fingerprint density at radius 1 is 1.38 bits per heavy atom. The topological polar surface area (TPSA) is 69.6 Å². The van der Waals surface area contributed by atoms with E-state index in [0.29, 0.717) is 6.92 Å². The van der Waals surface area contributed by atoms with Gasteiger partial charge in [0.2, 0.25) is 5.54 Å². The van der Waals surface area contributed by atoms with Crippen LogP contribution < -0.4 is 5.32 Å². The third kappa shape index (κ3) is 2.77. The molecule has 0 aromatic carbocycles. The quantitative estimate of drug-likeness (QED) is 0.777. The summed E-state index contributed by atoms with van der Waals surface area (Å²) in [7, 11) is 1.26. The van der Waals surface area contributed by atoms with Gasteiger partial charge in [-0.2, -0.15) is 13.2 Å². The zero-order valence-electron chi connectivity index (χ0n) is 9.05. The Hall–Kier alpha value is -1.47. The van der Waals surface area contributed by atoms with Gasteiger partial charge >= 0.3 is 18.2 Å². The van der Waals surface area contributed by atoms with E-state index in [0.717, 1.165) is 4.90 Å². The maximum Gasteiger partial charge on any atom is 0.422 e. The molecule has 0 saturated carbocycles. The highest BCUT2D eigenvalue weighted by Gasteiger charge is 2.58. The summed E-state index contributed by atoms with van der Waals surface area (Å²) in [4.78, 5) is 22.7. The normalized spacial score (nSPS) is 15.1. The van der Waals surface area contributed by atoms with Gasteiger partial charge in [0.15, 0.2) is 0 Å². The zero-order chi connectivity index (χ0) is 13.1. The lowest BCUT2D eigenvalue weighted by Gasteiger charge is -2.30. The molecule has 0 rings (SSSR count). The van der Waals surface area contributed by atoms with Gasteiger partial charge in [-0.05, 0) is 13.8 Å². The Morgan fingerprint density at radius 2 is 1.81 bits per heavy atom. The number of alkyl halides is 3. The molecule has 8 heteroatoms. The van der Waals surface area contributed by atoms with Crippen molar-refractivity contribution in [3.05, 3.63) is 0 Å². The van der Waals surface area contributed by atoms with Crippen molar-refractivity contribution in [2.45, 2.75) is 25.6 Å². The molecule has 0 aromatic heterocycles. The van der Waals surface area contributed by atoms with E-state index < -0.39 is 23.7 Å². The maximum absolute atomic E-state index is 12.5. The van der Waals surface area contributed by atoms with E-state index in [1.165, 1.54) is 12.4 Å². The van der Waals surface area contributed by atoms with E-state index in [2.05, 4.69) is 0 Å². The number of carboxylic acid groups (broad SMARTS) is 1. The van der Waals surface area contributed by atoms with Crippen molar-refractivity contribution in [1.29, 1.82) is 0 Å². The molecule has 0 saturated heterocycles. The minimum absolute atomic E-state index is 0.166. The molecule has 94 valence electrons. The fraction of sp³-hybridized carbons (Fsp3) is 0.750. The van der Waals surface area contributed by atoms with Crippen LogP contribution in [0.15, 0.2) is 0 Å². The van der Waals surface area contributed by atoms with E-state index in [-0.39, 0.29) is 6.54 Å². The first-order valence-electron chi connectivity index (χ1n) is 4.39. The summed E-state index contributed by atoms with van der Waals surface area (Å²) in [5.41, 5.74) is -3.28. The number of hydrogen-bond donors (Lipinski definition) is 2. The summed E-state index contributed by atoms with van der Waals surface area (Å²) in [5, 5.41) is 9.96. The van der Waals surface area contributed by atoms with Crippen molar-refractivity contribution in [2.75, 3.05) is 13.6 Å². The van der Waals surface area contributed by atoms with Crippen LogP contribution in [0.5, 0.6) is 0 Å². The first kappa shape index (κ1) is 14.5. The molecule has 0 aliphatic carbocycles. The fourth-order valence-electron chi connectivity index (χ4n) is 0.698. The highest BCUT2D eigenvalue weighted by Crippen LogP contribution is 2.30. The Kier molecular flexibility index (Phi) is 4.16. The van der Waals surface area contributed by atoms with E-state index >= 15 is 0 Å². The summed E-state index contributed by atoms with van der Waals surface area (Å²) in [5.74, 6) is -2.15. The number of urea groups is 1. The number of carbonyl (C=O) groups excluding carboxylic acids is 1. The lowest BCUT2D eigenvalue weighted by atomic mass is 10.0. The van der Waals surface area contributed by atoms with Crippen molar-refractivity contribution in [2.24, 2.45) is 0 Å². The van der Waals surface area contributed by atoms with Crippen molar-refractivity contribution in [1.82, 2.24) is 10.2 Å². The number of halogens is 3. The first-order chi connectivity index (χ1) is 7.06. The molecule has 0 aliphatic rings. The van der Waals surface area contributed by atoms with E-state index in [9.17, 15) is 22.8 Å². The van der Waals surface area contributed by atoms with Gasteiger partial charge in [-0.1, -0.05) is 0 Å². The molecule has 0 bridgehead atoms. The van der Waals surface area contributed by atoms with Gasteiger partial charge in [0, 0.05) is 13.6 Å². The van der Waals surface area contributed by atoms with Crippen molar-refractivity contribution in [3.8, 4) is 0 Å². The number of rotatable bonds is 3. The van der Waals surface area contributed by atoms with Gasteiger partial charge in [-0.3, -0.25) is 0 Å². The van der Waals surface area contributed by atoms with Crippen LogP contribution >= 0.6 is 0 Å². The number of aliphatic carboxylic acids is 1. The third-order valence-electron chi connectivity index (χ3n) is 2.17. The predicted octanol–water partition coefficient (Wildman–Crippen LogP) is 1.05. The minimum Gasteiger partial charge on any atom is -0.479 e. The van der Waals surface area contributed by atoms with Crippen LogP contribution in [-0.4, -0.2) is 47.3 Å². The average Bonchev–Trinajstić information content (AvgIpc) is 2.14. The Morgan fingerprint density at radius 3 is 2.06 bits per heavy atom. The summed E-state index contributed by atoms with van der Waals surface area (Å²) in [6, 6.07) is -1.09. The van der Waals surface area contributed by atoms with Gasteiger partial charge in [0.25, 0.3) is 0 Å². The van der Waals surface area contributed by atoms with E-state index in [1.807, 2.05) is 0 Å². The van der Waals surface area contributed by atoms with Crippen LogP contribution in [-0.2, 0) is 4.79 Å². The molecule has 0 heterocycles. The van der Waals surface area contributed by atoms with Crippen LogP contribution in [0.2, 0.25) is 0 Å². The Balaban J connectivity index is 4.99. The standard InChI is InChI=1S/C8H13F3N2O3/c1-4-13(3)6(16)12-7(2,5(14)15)8(9,10)11/h4H2,1-3H3,(H,12,16)(H,14,15). The number of carbonyl (C=O) groups is 2. The molecule has 0 fully saturated rings. The van der Waals surface area contributed by atoms with Gasteiger partial charge in [-0.15, -0.1) is 0 Å². The second-order valence-electron chi connectivity index (χ2n) is 3.37. The van der Waals surface area contributed by atoms with Crippen LogP contribution in [0.4, 0.5) is 18.0 Å². The zero-order valence-corrected chi connectivity index (χ0v) is 9.05. The van der Waals surface area contributed by atoms with Gasteiger partial charge in [0.1, 0.15) is 0 Å². The van der Waals surface area contributed by atoms with Crippen LogP contribution in [0.1, 0.15) is 13.8 Å². The molecular formula is C8H13F3N2O3. The summed E-state index contributed by atoms with van der Waals surface area (Å²) >= 11 is 0. The molecular weight excluding hydrogens is 229 g/mol. The fourth-order valence-corrected chi connectivity index (χ4v) is 0.698. The summed E-state index contributed by atoms with van der Waals surface area (Å²) in [6.45, 7) is 2.11. The molecule has 0 aliphatic heterocycles. The van der Waals surface area contributed by atoms with Gasteiger partial charge in [-0.25, -0.2) is 9.59 Å². The van der Waals surface area contributed by atoms with Gasteiger partial charge in [0.05, 0.1) is 0 Å². The summed E-state index contributed by atoms with van der Waals surface area (Å²) in [6.07, 6.45) is -5.07. The van der Waals surface area contributed by atoms with Crippen LogP contribution in [0, 0.1) is 0 Å². The third-order valence-corrected chi connectivity index (χ3v) is 2.17. The molecule has 16 heavy (non-hydrogen) atoms. The molecule has 1 unspecified atom stereocenters. The molecule has 5 nitrogen and oxygen atoms in total. The Bertz CT molecular complexity index is 293. The number of nitrogens with one attached hydrogen (secondary N) is 1. The summed E-state index contributed by atoms with van der Waals surface area (Å²) < 4.78 is 37.4. The molecule has 2 N–H and O–H groups in total. The van der Waals surface area contributed by atoms with E-state index in [4.69, 9.17) is 5.11 Å². The SMILES string of the molecule is CCN(C)C(=O)NC(C)(C(=O)O)C(F)(F)F. The van der Waals surface area contributed by atoms with Crippen LogP contribution in [0.25, 0.3) is 0 Å². The lowest BCUT2D eigenvalue weighted by Crippen LogP contribution is -2.63. The maximum atomic E-state index is 12.5. The highest BCUT2D eigenvalue weighted by molar-refractivity contribution is 5.86. The highest BCUT2D eigenvalue weighted by atomic mass is 19.4. The number of nitrogens with zero attached hydrogens (tertiary/aromatic N) is 1. The van der Waals surface area contributed by atoms with Gasteiger partial charge < -0.3 is 15.3 Å². The minimum atomic E-state index is -5.07. The number of hydrogen-bond acceptors (Lipinski definition) is 2. The second-order valence-corrected chi connectivity index (χ2v) is 3.37. The number of carboxylic acids is 1. The molecule has 0 radical (unpaired) electrons. The van der Waals surface area contributed by atoms with E-state index in [1.54, 1.807) is 6.92 Å². The average molecular weight is 242 g/mol. The number of amides is 2. The second kappa shape index (κ2) is 4.58. The Labute approximate surface area is 90.2 Å². The molecule has 1 atom stereocenters. The lowest BCUT2D eigenvalue weighted by molar-refractivity contribution is -0.203. The smallest absolute Gasteiger partial charge is 0.422 e. The first-order valence-corrected chi connectivity index (χ1v) is 4.39. The molecule has 2 amide bonds. The van der Waals surface area contributed by atoms with Crippen LogP contribution in [0.3, 0.4) is 0 Å². The predicted molar refractivity (Wildman–Crippen MR) is 48.9 cm³/mol. The largest absolute Gasteiger partial charge is 0.479 e. The van der Waals surface area contributed by atoms with Crippen molar-refractivity contribution >= 4 is 12.0 Å². The molecule has 0 spiro atoms. The monoisotopic (exact) mass is 242 g/mol.